The van der Waals surface area contributed by atoms with Crippen LogP contribution in [0.2, 0.25) is 0 Å². The first-order chi connectivity index (χ1) is 7.31. The molecule has 0 atom stereocenters. The number of hydrogen-bond acceptors (Lipinski definition) is 4. The van der Waals surface area contributed by atoms with Gasteiger partial charge in [0.25, 0.3) is 5.56 Å². The molecule has 5 nitrogen and oxygen atoms in total. The quantitative estimate of drug-likeness (QED) is 0.731. The van der Waals surface area contributed by atoms with Gasteiger partial charge in [-0.05, 0) is 6.07 Å². The maximum atomic E-state index is 11.1. The molecule has 0 amide bonds. The van der Waals surface area contributed by atoms with Crippen LogP contribution in [0.15, 0.2) is 35.6 Å². The van der Waals surface area contributed by atoms with Gasteiger partial charge in [-0.1, -0.05) is 0 Å². The molecule has 0 aliphatic carbocycles. The standard InChI is InChI=1S/C10H6N4O/c11-4-7-3-8(5-14-10(7)15)9-6-12-1-2-13-9/h1-3,5-6H,(H,14,15). The Hall–Kier alpha value is -2.48. The predicted octanol–water partition coefficient (Wildman–Crippen LogP) is 0.704. The predicted molar refractivity (Wildman–Crippen MR) is 52.8 cm³/mol. The van der Waals surface area contributed by atoms with Crippen LogP contribution in [0, 0.1) is 11.3 Å². The molecule has 0 aromatic carbocycles. The highest BCUT2D eigenvalue weighted by Crippen LogP contribution is 2.12. The number of aromatic nitrogens is 3. The molecule has 2 aromatic heterocycles. The van der Waals surface area contributed by atoms with Crippen molar-refractivity contribution in [3.63, 3.8) is 0 Å². The van der Waals surface area contributed by atoms with Gasteiger partial charge in [0.2, 0.25) is 0 Å². The van der Waals surface area contributed by atoms with Crippen molar-refractivity contribution in [3.05, 3.63) is 46.8 Å². The van der Waals surface area contributed by atoms with E-state index in [1.807, 2.05) is 6.07 Å². The van der Waals surface area contributed by atoms with Gasteiger partial charge in [-0.2, -0.15) is 5.26 Å². The summed E-state index contributed by atoms with van der Waals surface area (Å²) in [6.45, 7) is 0. The number of pyridine rings is 1. The molecule has 2 heterocycles. The van der Waals surface area contributed by atoms with E-state index >= 15 is 0 Å². The molecule has 0 unspecified atom stereocenters. The number of rotatable bonds is 1. The molecule has 0 saturated carbocycles. The van der Waals surface area contributed by atoms with Crippen molar-refractivity contribution in [3.8, 4) is 17.3 Å². The van der Waals surface area contributed by atoms with Gasteiger partial charge in [0.1, 0.15) is 11.6 Å². The number of aromatic amines is 1. The molecular weight excluding hydrogens is 192 g/mol. The zero-order valence-corrected chi connectivity index (χ0v) is 7.64. The van der Waals surface area contributed by atoms with Gasteiger partial charge in [-0.3, -0.25) is 14.8 Å². The highest BCUT2D eigenvalue weighted by atomic mass is 16.1. The van der Waals surface area contributed by atoms with Crippen molar-refractivity contribution in [2.45, 2.75) is 0 Å². The van der Waals surface area contributed by atoms with E-state index in [4.69, 9.17) is 5.26 Å². The van der Waals surface area contributed by atoms with E-state index < -0.39 is 5.56 Å². The Balaban J connectivity index is 2.57. The third-order valence-electron chi connectivity index (χ3n) is 1.88. The van der Waals surface area contributed by atoms with Crippen LogP contribution in [0.25, 0.3) is 11.3 Å². The summed E-state index contributed by atoms with van der Waals surface area (Å²) in [5, 5.41) is 8.68. The van der Waals surface area contributed by atoms with Crippen LogP contribution < -0.4 is 5.56 Å². The maximum Gasteiger partial charge on any atom is 0.265 e. The molecule has 0 fully saturated rings. The third-order valence-corrected chi connectivity index (χ3v) is 1.88. The van der Waals surface area contributed by atoms with Gasteiger partial charge in [0.15, 0.2) is 0 Å². The molecule has 0 aliphatic heterocycles. The molecule has 72 valence electrons. The molecule has 2 rings (SSSR count). The summed E-state index contributed by atoms with van der Waals surface area (Å²) >= 11 is 0. The zero-order chi connectivity index (χ0) is 10.7. The molecule has 2 aromatic rings. The van der Waals surface area contributed by atoms with Crippen LogP contribution in [0.5, 0.6) is 0 Å². The van der Waals surface area contributed by atoms with E-state index in [0.717, 1.165) is 0 Å². The van der Waals surface area contributed by atoms with E-state index in [9.17, 15) is 4.79 Å². The van der Waals surface area contributed by atoms with Crippen molar-refractivity contribution < 1.29 is 0 Å². The fourth-order valence-electron chi connectivity index (χ4n) is 1.16. The van der Waals surface area contributed by atoms with Gasteiger partial charge in [0, 0.05) is 24.2 Å². The highest BCUT2D eigenvalue weighted by Gasteiger charge is 2.03. The van der Waals surface area contributed by atoms with Crippen LogP contribution in [0.3, 0.4) is 0 Å². The van der Waals surface area contributed by atoms with Gasteiger partial charge in [-0.15, -0.1) is 0 Å². The molecule has 0 aliphatic rings. The lowest BCUT2D eigenvalue weighted by atomic mass is 10.2. The number of H-pyrrole nitrogens is 1. The first kappa shape index (κ1) is 9.09. The van der Waals surface area contributed by atoms with Gasteiger partial charge in [0.05, 0.1) is 11.9 Å². The summed E-state index contributed by atoms with van der Waals surface area (Å²) in [5.74, 6) is 0. The molecule has 15 heavy (non-hydrogen) atoms. The Labute approximate surface area is 85.1 Å². The topological polar surface area (TPSA) is 82.4 Å². The van der Waals surface area contributed by atoms with Crippen molar-refractivity contribution in [2.24, 2.45) is 0 Å². The first-order valence-corrected chi connectivity index (χ1v) is 4.20. The molecule has 5 heteroatoms. The van der Waals surface area contributed by atoms with E-state index in [1.54, 1.807) is 18.6 Å². The van der Waals surface area contributed by atoms with Crippen LogP contribution in [0.4, 0.5) is 0 Å². The average Bonchev–Trinajstić information content (AvgIpc) is 2.31. The molecule has 0 bridgehead atoms. The van der Waals surface area contributed by atoms with Crippen molar-refractivity contribution >= 4 is 0 Å². The van der Waals surface area contributed by atoms with Crippen molar-refractivity contribution in [1.29, 1.82) is 5.26 Å². The van der Waals surface area contributed by atoms with Crippen LogP contribution in [-0.4, -0.2) is 15.0 Å². The Morgan fingerprint density at radius 2 is 2.27 bits per heavy atom. The van der Waals surface area contributed by atoms with Gasteiger partial charge >= 0.3 is 0 Å². The number of hydrogen-bond donors (Lipinski definition) is 1. The highest BCUT2D eigenvalue weighted by molar-refractivity contribution is 5.58. The summed E-state index contributed by atoms with van der Waals surface area (Å²) in [6.07, 6.45) is 6.18. The fourth-order valence-corrected chi connectivity index (χ4v) is 1.16. The van der Waals surface area contributed by atoms with Crippen LogP contribution in [0.1, 0.15) is 5.56 Å². The van der Waals surface area contributed by atoms with Gasteiger partial charge < -0.3 is 4.98 Å². The Kier molecular flexibility index (Phi) is 2.25. The minimum atomic E-state index is -0.398. The molecular formula is C10H6N4O. The second-order valence-electron chi connectivity index (χ2n) is 2.83. The lowest BCUT2D eigenvalue weighted by Gasteiger charge is -1.98. The van der Waals surface area contributed by atoms with Crippen LogP contribution >= 0.6 is 0 Å². The molecule has 0 saturated heterocycles. The Morgan fingerprint density at radius 1 is 1.40 bits per heavy atom. The molecule has 1 N–H and O–H groups in total. The van der Waals surface area contributed by atoms with Crippen molar-refractivity contribution in [1.82, 2.24) is 15.0 Å². The third kappa shape index (κ3) is 1.74. The smallest absolute Gasteiger partial charge is 0.265 e. The zero-order valence-electron chi connectivity index (χ0n) is 7.64. The Bertz CT molecular complexity index is 568. The lowest BCUT2D eigenvalue weighted by molar-refractivity contribution is 1.17. The second kappa shape index (κ2) is 3.72. The van der Waals surface area contributed by atoms with E-state index in [-0.39, 0.29) is 5.56 Å². The SMILES string of the molecule is N#Cc1cc(-c2cnccn2)c[nH]c1=O. The largest absolute Gasteiger partial charge is 0.327 e. The second-order valence-corrected chi connectivity index (χ2v) is 2.83. The van der Waals surface area contributed by atoms with Gasteiger partial charge in [-0.25, -0.2) is 0 Å². The molecule has 0 spiro atoms. The maximum absolute atomic E-state index is 11.1. The van der Waals surface area contributed by atoms with E-state index in [0.29, 0.717) is 11.3 Å². The number of nitrogens with zero attached hydrogens (tertiary/aromatic N) is 3. The fraction of sp³-hybridized carbons (Fsp3) is 0. The van der Waals surface area contributed by atoms with E-state index in [1.165, 1.54) is 12.3 Å². The van der Waals surface area contributed by atoms with E-state index in [2.05, 4.69) is 15.0 Å². The Morgan fingerprint density at radius 3 is 2.93 bits per heavy atom. The summed E-state index contributed by atoms with van der Waals surface area (Å²) in [5.41, 5.74) is 0.952. The summed E-state index contributed by atoms with van der Waals surface area (Å²) in [7, 11) is 0. The van der Waals surface area contributed by atoms with Crippen molar-refractivity contribution in [2.75, 3.05) is 0 Å². The summed E-state index contributed by atoms with van der Waals surface area (Å²) in [6, 6.07) is 3.30. The average molecular weight is 198 g/mol. The number of nitriles is 1. The monoisotopic (exact) mass is 198 g/mol. The first-order valence-electron chi connectivity index (χ1n) is 4.20. The number of nitrogens with one attached hydrogen (secondary N) is 1. The summed E-state index contributed by atoms with van der Waals surface area (Å²) < 4.78 is 0. The van der Waals surface area contributed by atoms with Crippen LogP contribution in [-0.2, 0) is 0 Å². The molecule has 0 radical (unpaired) electrons. The minimum absolute atomic E-state index is 0.0677. The minimum Gasteiger partial charge on any atom is -0.327 e. The lowest BCUT2D eigenvalue weighted by Crippen LogP contribution is -2.09. The normalized spacial score (nSPS) is 9.53. The summed E-state index contributed by atoms with van der Waals surface area (Å²) in [4.78, 5) is 21.6.